The van der Waals surface area contributed by atoms with Crippen LogP contribution in [0, 0.1) is 0 Å². The lowest BCUT2D eigenvalue weighted by molar-refractivity contribution is 0.0648. The number of hydrogen-bond acceptors (Lipinski definition) is 2. The third-order valence-electron chi connectivity index (χ3n) is 4.04. The number of piperazine rings is 1. The van der Waals surface area contributed by atoms with Crippen LogP contribution in [0.3, 0.4) is 0 Å². The smallest absolute Gasteiger partial charge is 0.0304 e. The van der Waals surface area contributed by atoms with Gasteiger partial charge in [0.2, 0.25) is 0 Å². The molecule has 1 N–H and O–H groups in total. The van der Waals surface area contributed by atoms with Crippen molar-refractivity contribution in [3.05, 3.63) is 12.7 Å². The summed E-state index contributed by atoms with van der Waals surface area (Å²) in [7, 11) is 0. The molecule has 1 heterocycles. The summed E-state index contributed by atoms with van der Waals surface area (Å²) in [5.74, 6) is 0. The van der Waals surface area contributed by atoms with Gasteiger partial charge in [-0.05, 0) is 26.7 Å². The van der Waals surface area contributed by atoms with Gasteiger partial charge in [-0.2, -0.15) is 0 Å². The van der Waals surface area contributed by atoms with E-state index in [4.69, 9.17) is 0 Å². The number of rotatable bonds is 4. The van der Waals surface area contributed by atoms with Gasteiger partial charge >= 0.3 is 0 Å². The van der Waals surface area contributed by atoms with Crippen LogP contribution < -0.4 is 5.32 Å². The van der Waals surface area contributed by atoms with Crippen LogP contribution in [0.15, 0.2) is 12.7 Å². The quantitative estimate of drug-likeness (QED) is 0.717. The largest absolute Gasteiger partial charge is 0.308 e. The molecule has 0 bridgehead atoms. The zero-order chi connectivity index (χ0) is 11.5. The Labute approximate surface area is 94.7 Å². The van der Waals surface area contributed by atoms with E-state index < -0.39 is 0 Å². The lowest BCUT2D eigenvalue weighted by Crippen LogP contribution is -2.64. The van der Waals surface area contributed by atoms with E-state index in [9.17, 15) is 0 Å². The van der Waals surface area contributed by atoms with Crippen molar-refractivity contribution in [3.63, 3.8) is 0 Å². The third kappa shape index (κ3) is 2.61. The Hall–Kier alpha value is -0.340. The van der Waals surface area contributed by atoms with Gasteiger partial charge < -0.3 is 5.32 Å². The average Bonchev–Trinajstić information content (AvgIpc) is 2.29. The van der Waals surface area contributed by atoms with Gasteiger partial charge in [0.25, 0.3) is 0 Å². The van der Waals surface area contributed by atoms with Crippen molar-refractivity contribution in [2.75, 3.05) is 13.1 Å². The van der Waals surface area contributed by atoms with Crippen LogP contribution in [-0.4, -0.2) is 35.6 Å². The lowest BCUT2D eigenvalue weighted by Gasteiger charge is -2.48. The van der Waals surface area contributed by atoms with Crippen molar-refractivity contribution < 1.29 is 0 Å². The molecular weight excluding hydrogens is 184 g/mol. The highest BCUT2D eigenvalue weighted by atomic mass is 15.3. The Balaban J connectivity index is 2.74. The first-order chi connectivity index (χ1) is 7.08. The molecular formula is C13H26N2. The second kappa shape index (κ2) is 5.13. The van der Waals surface area contributed by atoms with Crippen molar-refractivity contribution in [2.24, 2.45) is 0 Å². The first kappa shape index (κ1) is 12.7. The van der Waals surface area contributed by atoms with Crippen LogP contribution in [-0.2, 0) is 0 Å². The van der Waals surface area contributed by atoms with Crippen molar-refractivity contribution in [1.82, 2.24) is 10.2 Å². The molecule has 1 rings (SSSR count). The fourth-order valence-corrected chi connectivity index (χ4v) is 2.45. The summed E-state index contributed by atoms with van der Waals surface area (Å²) in [6.07, 6.45) is 4.46. The maximum Gasteiger partial charge on any atom is 0.0304 e. The Morgan fingerprint density at radius 3 is 2.60 bits per heavy atom. The topological polar surface area (TPSA) is 15.3 Å². The fraction of sp³-hybridized carbons (Fsp3) is 0.846. The molecule has 0 aliphatic carbocycles. The average molecular weight is 210 g/mol. The number of nitrogens with zero attached hydrogens (tertiary/aromatic N) is 1. The minimum atomic E-state index is 0.323. The summed E-state index contributed by atoms with van der Waals surface area (Å²) in [5, 5.41) is 3.71. The SMILES string of the molecule is C=CC(C)N1CC(CC)(CC)NCC1C. The molecule has 2 heteroatoms. The first-order valence-corrected chi connectivity index (χ1v) is 6.22. The van der Waals surface area contributed by atoms with Gasteiger partial charge in [0.1, 0.15) is 0 Å². The molecule has 1 aliphatic heterocycles. The minimum Gasteiger partial charge on any atom is -0.308 e. The molecule has 0 spiro atoms. The second-order valence-corrected chi connectivity index (χ2v) is 4.87. The molecule has 2 unspecified atom stereocenters. The third-order valence-corrected chi connectivity index (χ3v) is 4.04. The Morgan fingerprint density at radius 1 is 1.53 bits per heavy atom. The molecule has 1 fully saturated rings. The molecule has 1 saturated heterocycles. The molecule has 15 heavy (non-hydrogen) atoms. The Bertz CT molecular complexity index is 209. The Morgan fingerprint density at radius 2 is 2.13 bits per heavy atom. The maximum absolute atomic E-state index is 3.91. The predicted octanol–water partition coefficient (Wildman–Crippen LogP) is 2.41. The van der Waals surface area contributed by atoms with E-state index in [-0.39, 0.29) is 0 Å². The highest BCUT2D eigenvalue weighted by Gasteiger charge is 2.36. The van der Waals surface area contributed by atoms with Crippen LogP contribution in [0.25, 0.3) is 0 Å². The van der Waals surface area contributed by atoms with E-state index in [1.165, 1.54) is 12.8 Å². The van der Waals surface area contributed by atoms with E-state index in [1.54, 1.807) is 0 Å². The summed E-state index contributed by atoms with van der Waals surface area (Å²) in [4.78, 5) is 2.57. The molecule has 0 aromatic rings. The summed E-state index contributed by atoms with van der Waals surface area (Å²) in [6, 6.07) is 1.10. The molecule has 0 radical (unpaired) electrons. The van der Waals surface area contributed by atoms with Gasteiger partial charge in [-0.15, -0.1) is 6.58 Å². The van der Waals surface area contributed by atoms with Gasteiger partial charge in [-0.25, -0.2) is 0 Å². The monoisotopic (exact) mass is 210 g/mol. The normalized spacial score (nSPS) is 28.7. The second-order valence-electron chi connectivity index (χ2n) is 4.87. The van der Waals surface area contributed by atoms with Gasteiger partial charge in [-0.1, -0.05) is 19.9 Å². The van der Waals surface area contributed by atoms with Crippen LogP contribution >= 0.6 is 0 Å². The zero-order valence-electron chi connectivity index (χ0n) is 10.7. The first-order valence-electron chi connectivity index (χ1n) is 6.22. The molecule has 88 valence electrons. The number of nitrogens with one attached hydrogen (secondary N) is 1. The fourth-order valence-electron chi connectivity index (χ4n) is 2.45. The van der Waals surface area contributed by atoms with Crippen LogP contribution in [0.1, 0.15) is 40.5 Å². The molecule has 0 aromatic carbocycles. The van der Waals surface area contributed by atoms with Gasteiger partial charge in [-0.3, -0.25) is 4.90 Å². The molecule has 2 nitrogen and oxygen atoms in total. The highest BCUT2D eigenvalue weighted by Crippen LogP contribution is 2.24. The molecule has 0 amide bonds. The highest BCUT2D eigenvalue weighted by molar-refractivity contribution is 4.99. The van der Waals surface area contributed by atoms with Gasteiger partial charge in [0.15, 0.2) is 0 Å². The van der Waals surface area contributed by atoms with Crippen LogP contribution in [0.4, 0.5) is 0 Å². The molecule has 2 atom stereocenters. The summed E-state index contributed by atoms with van der Waals surface area (Å²) in [6.45, 7) is 15.2. The van der Waals surface area contributed by atoms with E-state index in [2.05, 4.69) is 50.6 Å². The van der Waals surface area contributed by atoms with E-state index in [1.807, 2.05) is 0 Å². The predicted molar refractivity (Wildman–Crippen MR) is 67.1 cm³/mol. The number of hydrogen-bond donors (Lipinski definition) is 1. The van der Waals surface area contributed by atoms with Crippen molar-refractivity contribution >= 4 is 0 Å². The zero-order valence-corrected chi connectivity index (χ0v) is 10.7. The van der Waals surface area contributed by atoms with E-state index in [0.29, 0.717) is 17.6 Å². The molecule has 1 aliphatic rings. The van der Waals surface area contributed by atoms with Crippen molar-refractivity contribution in [3.8, 4) is 0 Å². The lowest BCUT2D eigenvalue weighted by atomic mass is 9.88. The molecule has 0 saturated carbocycles. The van der Waals surface area contributed by atoms with Crippen LogP contribution in [0.2, 0.25) is 0 Å². The summed E-state index contributed by atoms with van der Waals surface area (Å²) >= 11 is 0. The van der Waals surface area contributed by atoms with Gasteiger partial charge in [0, 0.05) is 30.7 Å². The van der Waals surface area contributed by atoms with E-state index >= 15 is 0 Å². The van der Waals surface area contributed by atoms with Gasteiger partial charge in [0.05, 0.1) is 0 Å². The summed E-state index contributed by atoms with van der Waals surface area (Å²) in [5.41, 5.74) is 0.323. The van der Waals surface area contributed by atoms with Crippen molar-refractivity contribution in [2.45, 2.75) is 58.2 Å². The maximum atomic E-state index is 3.91. The van der Waals surface area contributed by atoms with Crippen molar-refractivity contribution in [1.29, 1.82) is 0 Å². The Kier molecular flexibility index (Phi) is 4.35. The summed E-state index contributed by atoms with van der Waals surface area (Å²) < 4.78 is 0. The molecule has 0 aromatic heterocycles. The minimum absolute atomic E-state index is 0.323. The van der Waals surface area contributed by atoms with Crippen LogP contribution in [0.5, 0.6) is 0 Å². The van der Waals surface area contributed by atoms with E-state index in [0.717, 1.165) is 13.1 Å². The standard InChI is InChI=1S/C13H26N2/c1-6-11(4)15-10-13(7-2,8-3)14-9-12(15)5/h6,11-12,14H,1,7-10H2,2-5H3.